The van der Waals surface area contributed by atoms with Crippen molar-refractivity contribution in [3.63, 3.8) is 0 Å². The van der Waals surface area contributed by atoms with Crippen LogP contribution in [0.15, 0.2) is 0 Å². The largest absolute Gasteiger partial charge is 0.311 e. The van der Waals surface area contributed by atoms with E-state index < -0.39 is 0 Å². The number of hydrogen-bond acceptors (Lipinski definition) is 2. The number of nitrogens with zero attached hydrogens (tertiary/aromatic N) is 1. The molecular formula is C18H36N2. The van der Waals surface area contributed by atoms with Gasteiger partial charge in [0.05, 0.1) is 0 Å². The van der Waals surface area contributed by atoms with Crippen molar-refractivity contribution in [1.82, 2.24) is 10.2 Å². The molecule has 2 atom stereocenters. The van der Waals surface area contributed by atoms with Gasteiger partial charge in [-0.2, -0.15) is 0 Å². The predicted molar refractivity (Wildman–Crippen MR) is 88.1 cm³/mol. The lowest BCUT2D eigenvalue weighted by Crippen LogP contribution is -2.47. The van der Waals surface area contributed by atoms with E-state index in [0.717, 1.165) is 17.9 Å². The topological polar surface area (TPSA) is 15.3 Å². The van der Waals surface area contributed by atoms with Gasteiger partial charge in [0, 0.05) is 12.1 Å². The third-order valence-electron chi connectivity index (χ3n) is 5.76. The van der Waals surface area contributed by atoms with Crippen LogP contribution in [0.3, 0.4) is 0 Å². The van der Waals surface area contributed by atoms with Crippen LogP contribution in [-0.4, -0.2) is 36.6 Å². The van der Waals surface area contributed by atoms with Gasteiger partial charge in [-0.3, -0.25) is 0 Å². The molecule has 1 aliphatic heterocycles. The molecule has 1 N–H and O–H groups in total. The molecule has 118 valence electrons. The van der Waals surface area contributed by atoms with E-state index in [1.807, 2.05) is 0 Å². The van der Waals surface area contributed by atoms with Gasteiger partial charge in [-0.1, -0.05) is 26.2 Å². The first-order valence-corrected chi connectivity index (χ1v) is 9.19. The molecule has 0 spiro atoms. The molecule has 20 heavy (non-hydrogen) atoms. The first kappa shape index (κ1) is 16.3. The van der Waals surface area contributed by atoms with Crippen molar-refractivity contribution in [1.29, 1.82) is 0 Å². The highest BCUT2D eigenvalue weighted by Gasteiger charge is 2.26. The van der Waals surface area contributed by atoms with Crippen LogP contribution in [0, 0.1) is 11.8 Å². The Bertz CT molecular complexity index is 252. The summed E-state index contributed by atoms with van der Waals surface area (Å²) in [7, 11) is 0. The van der Waals surface area contributed by atoms with Gasteiger partial charge < -0.3 is 10.2 Å². The van der Waals surface area contributed by atoms with Crippen LogP contribution in [-0.2, 0) is 0 Å². The highest BCUT2D eigenvalue weighted by Crippen LogP contribution is 2.28. The maximum Gasteiger partial charge on any atom is 0.00705 e. The SMILES string of the molecule is CCCN1CCC(C(C)NC(C)C2CCCCC2)CC1. The molecule has 2 rings (SSSR count). The molecule has 0 aromatic carbocycles. The molecule has 2 heteroatoms. The summed E-state index contributed by atoms with van der Waals surface area (Å²) < 4.78 is 0. The van der Waals surface area contributed by atoms with Crippen LogP contribution in [0.5, 0.6) is 0 Å². The second-order valence-corrected chi connectivity index (χ2v) is 7.32. The lowest BCUT2D eigenvalue weighted by atomic mass is 9.83. The number of likely N-dealkylation sites (tertiary alicyclic amines) is 1. The summed E-state index contributed by atoms with van der Waals surface area (Å²) in [5, 5.41) is 3.95. The fourth-order valence-corrected chi connectivity index (χ4v) is 4.31. The van der Waals surface area contributed by atoms with Crippen molar-refractivity contribution in [2.75, 3.05) is 19.6 Å². The quantitative estimate of drug-likeness (QED) is 0.789. The van der Waals surface area contributed by atoms with Crippen molar-refractivity contribution in [3.8, 4) is 0 Å². The Morgan fingerprint density at radius 1 is 0.900 bits per heavy atom. The van der Waals surface area contributed by atoms with Gasteiger partial charge in [0.1, 0.15) is 0 Å². The van der Waals surface area contributed by atoms with Crippen molar-refractivity contribution >= 4 is 0 Å². The summed E-state index contributed by atoms with van der Waals surface area (Å²) in [6, 6.07) is 1.43. The van der Waals surface area contributed by atoms with Crippen molar-refractivity contribution in [2.24, 2.45) is 11.8 Å². The third kappa shape index (κ3) is 4.73. The molecule has 1 heterocycles. The number of piperidine rings is 1. The number of hydrogen-bond donors (Lipinski definition) is 1. The molecule has 0 amide bonds. The van der Waals surface area contributed by atoms with Crippen LogP contribution in [0.1, 0.15) is 72.1 Å². The summed E-state index contributed by atoms with van der Waals surface area (Å²) in [5.41, 5.74) is 0. The second-order valence-electron chi connectivity index (χ2n) is 7.32. The minimum absolute atomic E-state index is 0.704. The summed E-state index contributed by atoms with van der Waals surface area (Å²) in [6.45, 7) is 11.1. The Morgan fingerprint density at radius 2 is 1.45 bits per heavy atom. The predicted octanol–water partition coefficient (Wildman–Crippen LogP) is 4.06. The van der Waals surface area contributed by atoms with E-state index in [1.165, 1.54) is 71.0 Å². The van der Waals surface area contributed by atoms with Crippen LogP contribution in [0.4, 0.5) is 0 Å². The normalized spacial score (nSPS) is 26.6. The highest BCUT2D eigenvalue weighted by atomic mass is 15.1. The minimum Gasteiger partial charge on any atom is -0.311 e. The van der Waals surface area contributed by atoms with Crippen LogP contribution in [0.2, 0.25) is 0 Å². The van der Waals surface area contributed by atoms with Crippen LogP contribution < -0.4 is 5.32 Å². The number of nitrogens with one attached hydrogen (secondary N) is 1. The molecule has 2 unspecified atom stereocenters. The fourth-order valence-electron chi connectivity index (χ4n) is 4.31. The van der Waals surface area contributed by atoms with Crippen molar-refractivity contribution < 1.29 is 0 Å². The standard InChI is InChI=1S/C18H36N2/c1-4-12-20-13-10-18(11-14-20)16(3)19-15(2)17-8-6-5-7-9-17/h15-19H,4-14H2,1-3H3. The van der Waals surface area contributed by atoms with E-state index in [-0.39, 0.29) is 0 Å². The minimum atomic E-state index is 0.704. The van der Waals surface area contributed by atoms with Crippen LogP contribution >= 0.6 is 0 Å². The first-order chi connectivity index (χ1) is 9.70. The molecule has 1 saturated carbocycles. The molecule has 1 saturated heterocycles. The summed E-state index contributed by atoms with van der Waals surface area (Å²) >= 11 is 0. The van der Waals surface area contributed by atoms with E-state index >= 15 is 0 Å². The Balaban J connectivity index is 1.70. The fraction of sp³-hybridized carbons (Fsp3) is 1.00. The molecule has 2 fully saturated rings. The lowest BCUT2D eigenvalue weighted by Gasteiger charge is -2.38. The molecular weight excluding hydrogens is 244 g/mol. The third-order valence-corrected chi connectivity index (χ3v) is 5.76. The summed E-state index contributed by atoms with van der Waals surface area (Å²) in [6.07, 6.45) is 11.4. The van der Waals surface area contributed by atoms with E-state index in [1.54, 1.807) is 0 Å². The summed E-state index contributed by atoms with van der Waals surface area (Å²) in [5.74, 6) is 1.83. The van der Waals surface area contributed by atoms with Gasteiger partial charge >= 0.3 is 0 Å². The monoisotopic (exact) mass is 280 g/mol. The Kier molecular flexibility index (Phi) is 6.83. The molecule has 1 aliphatic carbocycles. The average molecular weight is 280 g/mol. The smallest absolute Gasteiger partial charge is 0.00705 e. The van der Waals surface area contributed by atoms with Crippen molar-refractivity contribution in [3.05, 3.63) is 0 Å². The Hall–Kier alpha value is -0.0800. The van der Waals surface area contributed by atoms with Gasteiger partial charge in [0.2, 0.25) is 0 Å². The zero-order valence-corrected chi connectivity index (χ0v) is 14.0. The van der Waals surface area contributed by atoms with Gasteiger partial charge in [-0.25, -0.2) is 0 Å². The van der Waals surface area contributed by atoms with Gasteiger partial charge in [0.25, 0.3) is 0 Å². The zero-order valence-electron chi connectivity index (χ0n) is 14.0. The van der Waals surface area contributed by atoms with E-state index in [4.69, 9.17) is 0 Å². The molecule has 2 nitrogen and oxygen atoms in total. The average Bonchev–Trinajstić information content (AvgIpc) is 2.49. The highest BCUT2D eigenvalue weighted by molar-refractivity contribution is 4.84. The molecule has 0 bridgehead atoms. The molecule has 0 aromatic heterocycles. The first-order valence-electron chi connectivity index (χ1n) is 9.19. The lowest BCUT2D eigenvalue weighted by molar-refractivity contribution is 0.151. The second kappa shape index (κ2) is 8.38. The number of rotatable bonds is 6. The maximum atomic E-state index is 3.95. The van der Waals surface area contributed by atoms with Gasteiger partial charge in [0.15, 0.2) is 0 Å². The Labute approximate surface area is 126 Å². The summed E-state index contributed by atoms with van der Waals surface area (Å²) in [4.78, 5) is 2.65. The van der Waals surface area contributed by atoms with E-state index in [9.17, 15) is 0 Å². The van der Waals surface area contributed by atoms with Gasteiger partial charge in [-0.15, -0.1) is 0 Å². The van der Waals surface area contributed by atoms with Crippen LogP contribution in [0.25, 0.3) is 0 Å². The Morgan fingerprint density at radius 3 is 2.00 bits per heavy atom. The van der Waals surface area contributed by atoms with Gasteiger partial charge in [-0.05, 0) is 77.4 Å². The molecule has 0 radical (unpaired) electrons. The molecule has 0 aromatic rings. The van der Waals surface area contributed by atoms with E-state index in [0.29, 0.717) is 6.04 Å². The van der Waals surface area contributed by atoms with Crippen molar-refractivity contribution in [2.45, 2.75) is 84.2 Å². The zero-order chi connectivity index (χ0) is 14.4. The maximum absolute atomic E-state index is 3.95. The molecule has 2 aliphatic rings. The van der Waals surface area contributed by atoms with E-state index in [2.05, 4.69) is 31.0 Å².